The van der Waals surface area contributed by atoms with Crippen molar-refractivity contribution in [3.05, 3.63) is 40.7 Å². The Hall–Kier alpha value is -1.94. The second kappa shape index (κ2) is 7.23. The number of hydrogen-bond donors (Lipinski definition) is 0. The van der Waals surface area contributed by atoms with Crippen LogP contribution in [0, 0.1) is 0 Å². The first kappa shape index (κ1) is 18.4. The van der Waals surface area contributed by atoms with Crippen LogP contribution < -0.4 is 9.64 Å². The van der Waals surface area contributed by atoms with Crippen molar-refractivity contribution in [1.29, 1.82) is 0 Å². The van der Waals surface area contributed by atoms with E-state index in [1.165, 1.54) is 23.5 Å². The summed E-state index contributed by atoms with van der Waals surface area (Å²) in [6.45, 7) is 3.18. The van der Waals surface area contributed by atoms with Gasteiger partial charge in [0.05, 0.1) is 42.5 Å². The van der Waals surface area contributed by atoms with Crippen molar-refractivity contribution in [2.75, 3.05) is 38.3 Å². The molecule has 1 aromatic carbocycles. The van der Waals surface area contributed by atoms with Gasteiger partial charge >= 0.3 is 0 Å². The number of anilines is 1. The number of fused-ring (bicyclic) bond motifs is 1. The normalized spacial score (nSPS) is 17.8. The SMILES string of the molecule is COc1ccc(S(=O)(=O)N2Cc3cnc(N4CCOCC4)nc3C2)cc1Cl. The molecule has 0 saturated carbocycles. The van der Waals surface area contributed by atoms with Crippen molar-refractivity contribution >= 4 is 27.6 Å². The van der Waals surface area contributed by atoms with Crippen LogP contribution in [-0.2, 0) is 27.8 Å². The van der Waals surface area contributed by atoms with Crippen LogP contribution >= 0.6 is 11.6 Å². The lowest BCUT2D eigenvalue weighted by molar-refractivity contribution is 0.122. The highest BCUT2D eigenvalue weighted by molar-refractivity contribution is 7.89. The molecule has 27 heavy (non-hydrogen) atoms. The number of ether oxygens (including phenoxy) is 2. The summed E-state index contributed by atoms with van der Waals surface area (Å²) in [6.07, 6.45) is 1.71. The molecule has 0 radical (unpaired) electrons. The maximum Gasteiger partial charge on any atom is 0.243 e. The summed E-state index contributed by atoms with van der Waals surface area (Å²) in [5.74, 6) is 1.05. The molecular weight excluding hydrogens is 392 g/mol. The number of halogens is 1. The van der Waals surface area contributed by atoms with Crippen molar-refractivity contribution in [3.8, 4) is 5.75 Å². The van der Waals surface area contributed by atoms with Crippen LogP contribution in [0.2, 0.25) is 5.02 Å². The van der Waals surface area contributed by atoms with Crippen LogP contribution in [0.5, 0.6) is 5.75 Å². The third-order valence-corrected chi connectivity index (χ3v) is 6.75. The molecule has 2 aliphatic rings. The minimum absolute atomic E-state index is 0.127. The highest BCUT2D eigenvalue weighted by Gasteiger charge is 2.33. The number of sulfonamides is 1. The van der Waals surface area contributed by atoms with Gasteiger partial charge in [-0.05, 0) is 18.2 Å². The van der Waals surface area contributed by atoms with E-state index in [1.54, 1.807) is 12.3 Å². The van der Waals surface area contributed by atoms with Gasteiger partial charge in [0.2, 0.25) is 16.0 Å². The Bertz CT molecular complexity index is 963. The standard InChI is InChI=1S/C17H19ClN4O4S/c1-25-16-3-2-13(8-14(16)18)27(23,24)22-10-12-9-19-17(20-15(12)11-22)21-4-6-26-7-5-21/h2-3,8-9H,4-7,10-11H2,1H3. The molecule has 8 nitrogen and oxygen atoms in total. The molecule has 2 aliphatic heterocycles. The highest BCUT2D eigenvalue weighted by atomic mass is 35.5. The lowest BCUT2D eigenvalue weighted by atomic mass is 10.3. The molecule has 10 heteroatoms. The zero-order valence-electron chi connectivity index (χ0n) is 14.8. The number of hydrogen-bond acceptors (Lipinski definition) is 7. The highest BCUT2D eigenvalue weighted by Crippen LogP contribution is 2.32. The average molecular weight is 411 g/mol. The number of rotatable bonds is 4. The Morgan fingerprint density at radius 2 is 2.00 bits per heavy atom. The van der Waals surface area contributed by atoms with Crippen molar-refractivity contribution in [2.45, 2.75) is 18.0 Å². The topological polar surface area (TPSA) is 84.9 Å². The summed E-state index contributed by atoms with van der Waals surface area (Å²) in [4.78, 5) is 11.2. The first-order valence-corrected chi connectivity index (χ1v) is 10.3. The molecule has 1 fully saturated rings. The molecule has 1 saturated heterocycles. The van der Waals surface area contributed by atoms with Gasteiger partial charge in [0.15, 0.2) is 0 Å². The van der Waals surface area contributed by atoms with E-state index < -0.39 is 10.0 Å². The van der Waals surface area contributed by atoms with Crippen LogP contribution in [0.3, 0.4) is 0 Å². The van der Waals surface area contributed by atoms with Gasteiger partial charge in [0.1, 0.15) is 5.75 Å². The van der Waals surface area contributed by atoms with Crippen molar-refractivity contribution in [1.82, 2.24) is 14.3 Å². The van der Waals surface area contributed by atoms with E-state index in [0.29, 0.717) is 24.9 Å². The first-order valence-electron chi connectivity index (χ1n) is 8.50. The zero-order valence-corrected chi connectivity index (χ0v) is 16.3. The predicted molar refractivity (Wildman–Crippen MR) is 99.5 cm³/mol. The monoisotopic (exact) mass is 410 g/mol. The summed E-state index contributed by atoms with van der Waals surface area (Å²) in [7, 11) is -2.22. The molecule has 1 aromatic heterocycles. The summed E-state index contributed by atoms with van der Waals surface area (Å²) >= 11 is 6.09. The maximum absolute atomic E-state index is 13.0. The van der Waals surface area contributed by atoms with Crippen LogP contribution in [0.15, 0.2) is 29.3 Å². The molecule has 0 amide bonds. The molecule has 3 heterocycles. The van der Waals surface area contributed by atoms with E-state index in [-0.39, 0.29) is 23.0 Å². The first-order chi connectivity index (χ1) is 13.0. The number of methoxy groups -OCH3 is 1. The molecule has 0 N–H and O–H groups in total. The molecule has 0 bridgehead atoms. The van der Waals surface area contributed by atoms with E-state index in [2.05, 4.69) is 9.97 Å². The Balaban J connectivity index is 1.57. The van der Waals surface area contributed by atoms with Gasteiger partial charge in [-0.1, -0.05) is 11.6 Å². The summed E-state index contributed by atoms with van der Waals surface area (Å²) < 4.78 is 37.8. The molecule has 0 spiro atoms. The van der Waals surface area contributed by atoms with Gasteiger partial charge in [-0.3, -0.25) is 0 Å². The van der Waals surface area contributed by atoms with Crippen LogP contribution in [0.4, 0.5) is 5.95 Å². The van der Waals surface area contributed by atoms with E-state index in [9.17, 15) is 8.42 Å². The third-order valence-electron chi connectivity index (χ3n) is 4.67. The van der Waals surface area contributed by atoms with Gasteiger partial charge in [0.25, 0.3) is 0 Å². The molecule has 0 aliphatic carbocycles. The Kier molecular flexibility index (Phi) is 4.94. The van der Waals surface area contributed by atoms with Gasteiger partial charge in [0, 0.05) is 31.4 Å². The average Bonchev–Trinajstić information content (AvgIpc) is 3.13. The summed E-state index contributed by atoms with van der Waals surface area (Å²) in [5, 5.41) is 0.254. The molecule has 144 valence electrons. The lowest BCUT2D eigenvalue weighted by Gasteiger charge is -2.26. The van der Waals surface area contributed by atoms with Crippen LogP contribution in [0.25, 0.3) is 0 Å². The number of aromatic nitrogens is 2. The van der Waals surface area contributed by atoms with E-state index in [4.69, 9.17) is 21.1 Å². The van der Waals surface area contributed by atoms with Gasteiger partial charge in [-0.2, -0.15) is 4.31 Å². The second-order valence-electron chi connectivity index (χ2n) is 6.31. The fraction of sp³-hybridized carbons (Fsp3) is 0.412. The maximum atomic E-state index is 13.0. The van der Waals surface area contributed by atoms with Crippen molar-refractivity contribution in [3.63, 3.8) is 0 Å². The lowest BCUT2D eigenvalue weighted by Crippen LogP contribution is -2.37. The molecule has 0 unspecified atom stereocenters. The fourth-order valence-electron chi connectivity index (χ4n) is 3.16. The molecule has 0 atom stereocenters. The third kappa shape index (κ3) is 3.47. The zero-order chi connectivity index (χ0) is 19.0. The molecular formula is C17H19ClN4O4S. The van der Waals surface area contributed by atoms with Crippen LogP contribution in [-0.4, -0.2) is 56.1 Å². The summed E-state index contributed by atoms with van der Waals surface area (Å²) in [5.41, 5.74) is 1.55. The second-order valence-corrected chi connectivity index (χ2v) is 8.66. The minimum Gasteiger partial charge on any atom is -0.495 e. The van der Waals surface area contributed by atoms with Gasteiger partial charge in [-0.15, -0.1) is 0 Å². The van der Waals surface area contributed by atoms with Crippen molar-refractivity contribution in [2.24, 2.45) is 0 Å². The van der Waals surface area contributed by atoms with Crippen molar-refractivity contribution < 1.29 is 17.9 Å². The minimum atomic E-state index is -3.70. The van der Waals surface area contributed by atoms with E-state index in [0.717, 1.165) is 24.3 Å². The summed E-state index contributed by atoms with van der Waals surface area (Å²) in [6, 6.07) is 4.45. The predicted octanol–water partition coefficient (Wildman–Crippen LogP) is 1.68. The van der Waals surface area contributed by atoms with Gasteiger partial charge < -0.3 is 14.4 Å². The largest absolute Gasteiger partial charge is 0.495 e. The Morgan fingerprint density at radius 3 is 2.70 bits per heavy atom. The fourth-order valence-corrected chi connectivity index (χ4v) is 4.88. The van der Waals surface area contributed by atoms with E-state index >= 15 is 0 Å². The van der Waals surface area contributed by atoms with Crippen LogP contribution in [0.1, 0.15) is 11.3 Å². The Labute approximate surface area is 162 Å². The number of benzene rings is 1. The molecule has 2 aromatic rings. The van der Waals surface area contributed by atoms with Gasteiger partial charge in [-0.25, -0.2) is 18.4 Å². The quantitative estimate of drug-likeness (QED) is 0.758. The number of morpholine rings is 1. The smallest absolute Gasteiger partial charge is 0.243 e. The molecule has 4 rings (SSSR count). The number of nitrogens with zero attached hydrogens (tertiary/aromatic N) is 4. The van der Waals surface area contributed by atoms with E-state index in [1.807, 2.05) is 4.90 Å². The Morgan fingerprint density at radius 1 is 1.22 bits per heavy atom.